The molecule has 200 valence electrons. The van der Waals surface area contributed by atoms with Crippen molar-refractivity contribution in [1.82, 2.24) is 0 Å². The summed E-state index contributed by atoms with van der Waals surface area (Å²) < 4.78 is 37.9. The molecule has 0 amide bonds. The summed E-state index contributed by atoms with van der Waals surface area (Å²) in [5, 5.41) is 12.2. The lowest BCUT2D eigenvalue weighted by Gasteiger charge is -2.40. The molecule has 7 nitrogen and oxygen atoms in total. The normalized spacial score (nSPS) is 22.6. The third-order valence-electron chi connectivity index (χ3n) is 7.29. The van der Waals surface area contributed by atoms with Gasteiger partial charge in [-0.25, -0.2) is 0 Å². The van der Waals surface area contributed by atoms with Gasteiger partial charge >= 0.3 is 0 Å². The van der Waals surface area contributed by atoms with Crippen LogP contribution in [0.1, 0.15) is 51.4 Å². The largest absolute Gasteiger partial charge is 0.493 e. The number of hydrogen-bond donors (Lipinski definition) is 1. The molecule has 8 heteroatoms. The molecule has 1 saturated carbocycles. The molecule has 1 N–H and O–H groups in total. The number of nitrogens with zero attached hydrogens (tertiary/aromatic N) is 1. The van der Waals surface area contributed by atoms with Crippen LogP contribution < -0.4 is 24.4 Å². The minimum absolute atomic E-state index is 0.218. The highest BCUT2D eigenvalue weighted by Gasteiger charge is 2.43. The Bertz CT molecular complexity index is 1030. The van der Waals surface area contributed by atoms with E-state index in [1.807, 2.05) is 31.1 Å². The fourth-order valence-electron chi connectivity index (χ4n) is 5.10. The molecule has 3 rings (SSSR count). The second kappa shape index (κ2) is 11.9. The maximum Gasteiger partial charge on any atom is 0.264 e. The van der Waals surface area contributed by atoms with Crippen LogP contribution >= 0.6 is 7.37 Å². The molecule has 0 aromatic heterocycles. The Morgan fingerprint density at radius 2 is 1.56 bits per heavy atom. The van der Waals surface area contributed by atoms with Crippen LogP contribution in [-0.2, 0) is 9.09 Å². The molecule has 36 heavy (non-hydrogen) atoms. The first kappa shape index (κ1) is 28.4. The minimum atomic E-state index is -3.81. The predicted molar refractivity (Wildman–Crippen MR) is 145 cm³/mol. The van der Waals surface area contributed by atoms with E-state index < -0.39 is 13.2 Å². The third kappa shape index (κ3) is 5.85. The highest BCUT2D eigenvalue weighted by molar-refractivity contribution is 7.67. The number of benzene rings is 2. The molecule has 0 saturated heterocycles. The Balaban J connectivity index is 2.13. The Labute approximate surface area is 216 Å². The smallest absolute Gasteiger partial charge is 0.264 e. The first-order valence-corrected chi connectivity index (χ1v) is 14.3. The van der Waals surface area contributed by atoms with Crippen LogP contribution in [0.4, 0.5) is 5.69 Å². The summed E-state index contributed by atoms with van der Waals surface area (Å²) in [6.07, 6.45) is 2.73. The molecule has 2 aromatic rings. The first-order valence-electron chi connectivity index (χ1n) is 12.6. The molecule has 0 bridgehead atoms. The highest BCUT2D eigenvalue weighted by Crippen LogP contribution is 2.61. The number of anilines is 1. The first-order chi connectivity index (χ1) is 17.0. The second-order valence-electron chi connectivity index (χ2n) is 10.3. The maximum absolute atomic E-state index is 14.9. The summed E-state index contributed by atoms with van der Waals surface area (Å²) in [6.45, 7) is 6.58. The van der Waals surface area contributed by atoms with E-state index >= 15 is 0 Å². The van der Waals surface area contributed by atoms with Crippen LogP contribution in [0.15, 0.2) is 36.4 Å². The molecule has 0 radical (unpaired) electrons. The van der Waals surface area contributed by atoms with Crippen LogP contribution in [0.25, 0.3) is 0 Å². The molecule has 5 atom stereocenters. The average molecular weight is 520 g/mol. The van der Waals surface area contributed by atoms with Crippen molar-refractivity contribution in [2.75, 3.05) is 40.3 Å². The quantitative estimate of drug-likeness (QED) is 0.395. The number of rotatable bonds is 10. The molecule has 1 aliphatic carbocycles. The molecule has 0 spiro atoms. The van der Waals surface area contributed by atoms with Gasteiger partial charge in [0.05, 0.1) is 27.4 Å². The number of hydrogen-bond acceptors (Lipinski definition) is 7. The van der Waals surface area contributed by atoms with Crippen molar-refractivity contribution in [2.45, 2.75) is 52.0 Å². The summed E-state index contributed by atoms with van der Waals surface area (Å²) in [4.78, 5) is 1.98. The van der Waals surface area contributed by atoms with E-state index in [9.17, 15) is 9.67 Å². The summed E-state index contributed by atoms with van der Waals surface area (Å²) in [6, 6.07) is 10.7. The van der Waals surface area contributed by atoms with Gasteiger partial charge in [-0.3, -0.25) is 4.57 Å². The van der Waals surface area contributed by atoms with E-state index in [0.717, 1.165) is 24.9 Å². The molecule has 0 heterocycles. The number of ether oxygens (including phenoxy) is 3. The molecular formula is C28H42NO6P. The van der Waals surface area contributed by atoms with Gasteiger partial charge in [0.1, 0.15) is 0 Å². The number of aliphatic hydroxyl groups is 1. The fourth-order valence-corrected chi connectivity index (χ4v) is 7.37. The molecular weight excluding hydrogens is 477 g/mol. The van der Waals surface area contributed by atoms with Crippen LogP contribution in [0.3, 0.4) is 0 Å². The van der Waals surface area contributed by atoms with Gasteiger partial charge in [0, 0.05) is 25.1 Å². The standard InChI is InChI=1S/C28H42NO6P/c1-18(2)23-14-9-19(3)15-24(23)35-36(31,22-12-10-21(11-13-22)29(4)5)28(30)20-16-25(32-6)27(34-8)26(17-20)33-7/h10-13,16-19,23-24,28,30H,9,14-15H2,1-8H3/t19-,23+,24+,28-,36-/m0/s1. The van der Waals surface area contributed by atoms with Crippen molar-refractivity contribution in [1.29, 1.82) is 0 Å². The van der Waals surface area contributed by atoms with Gasteiger partial charge in [-0.2, -0.15) is 0 Å². The van der Waals surface area contributed by atoms with E-state index in [1.54, 1.807) is 24.3 Å². The topological polar surface area (TPSA) is 77.5 Å². The van der Waals surface area contributed by atoms with E-state index in [1.165, 1.54) is 21.3 Å². The molecule has 0 aliphatic heterocycles. The van der Waals surface area contributed by atoms with Crippen molar-refractivity contribution in [3.63, 3.8) is 0 Å². The van der Waals surface area contributed by atoms with Gasteiger partial charge in [0.25, 0.3) is 7.37 Å². The van der Waals surface area contributed by atoms with Gasteiger partial charge in [-0.15, -0.1) is 0 Å². The second-order valence-corrected chi connectivity index (χ2v) is 12.7. The van der Waals surface area contributed by atoms with Gasteiger partial charge in [0.15, 0.2) is 17.3 Å². The molecule has 1 aliphatic rings. The van der Waals surface area contributed by atoms with Gasteiger partial charge in [0.2, 0.25) is 5.75 Å². The minimum Gasteiger partial charge on any atom is -0.493 e. The SMILES string of the molecule is COc1cc([C@@H](O)[P@@](=O)(O[C@@H]2C[C@@H](C)CC[C@@H]2C(C)C)c2ccc(N(C)C)cc2)cc(OC)c1OC. The van der Waals surface area contributed by atoms with E-state index in [-0.39, 0.29) is 12.0 Å². The van der Waals surface area contributed by atoms with Crippen LogP contribution in [0.5, 0.6) is 17.2 Å². The van der Waals surface area contributed by atoms with Crippen molar-refractivity contribution in [3.05, 3.63) is 42.0 Å². The summed E-state index contributed by atoms with van der Waals surface area (Å²) in [5.41, 5.74) is 1.35. The highest BCUT2D eigenvalue weighted by atomic mass is 31.2. The zero-order valence-corrected chi connectivity index (χ0v) is 23.7. The monoisotopic (exact) mass is 519 g/mol. The van der Waals surface area contributed by atoms with Crippen molar-refractivity contribution in [2.24, 2.45) is 17.8 Å². The van der Waals surface area contributed by atoms with Crippen LogP contribution in [0, 0.1) is 17.8 Å². The predicted octanol–water partition coefficient (Wildman–Crippen LogP) is 5.85. The Kier molecular flexibility index (Phi) is 9.37. The molecule has 0 unspecified atom stereocenters. The lowest BCUT2D eigenvalue weighted by molar-refractivity contribution is 0.0427. The summed E-state index contributed by atoms with van der Waals surface area (Å²) in [7, 11) is 4.64. The van der Waals surface area contributed by atoms with Crippen molar-refractivity contribution < 1.29 is 28.4 Å². The van der Waals surface area contributed by atoms with E-state index in [2.05, 4.69) is 20.8 Å². The Morgan fingerprint density at radius 3 is 2.03 bits per heavy atom. The lowest BCUT2D eigenvalue weighted by Crippen LogP contribution is -2.35. The van der Waals surface area contributed by atoms with Gasteiger partial charge in [-0.05, 0) is 72.6 Å². The molecule has 2 aromatic carbocycles. The summed E-state index contributed by atoms with van der Waals surface area (Å²) in [5.74, 6) is 0.865. The Morgan fingerprint density at radius 1 is 0.972 bits per heavy atom. The third-order valence-corrected chi connectivity index (χ3v) is 9.83. The number of methoxy groups -OCH3 is 3. The van der Waals surface area contributed by atoms with Crippen molar-refractivity contribution in [3.8, 4) is 17.2 Å². The van der Waals surface area contributed by atoms with E-state index in [0.29, 0.717) is 40.0 Å². The lowest BCUT2D eigenvalue weighted by atomic mass is 9.75. The van der Waals surface area contributed by atoms with Crippen LogP contribution in [0.2, 0.25) is 0 Å². The van der Waals surface area contributed by atoms with Crippen molar-refractivity contribution >= 4 is 18.4 Å². The fraction of sp³-hybridized carbons (Fsp3) is 0.571. The number of aliphatic hydroxyl groups excluding tert-OH is 1. The average Bonchev–Trinajstić information content (AvgIpc) is 2.87. The Hall–Kier alpha value is -2.21. The van der Waals surface area contributed by atoms with Gasteiger partial charge in [-0.1, -0.05) is 27.2 Å². The maximum atomic E-state index is 14.9. The van der Waals surface area contributed by atoms with Crippen LogP contribution in [-0.4, -0.2) is 46.6 Å². The zero-order chi connectivity index (χ0) is 26.6. The summed E-state index contributed by atoms with van der Waals surface area (Å²) >= 11 is 0. The zero-order valence-electron chi connectivity index (χ0n) is 22.9. The van der Waals surface area contributed by atoms with Gasteiger partial charge < -0.3 is 28.7 Å². The molecule has 1 fully saturated rings. The van der Waals surface area contributed by atoms with E-state index in [4.69, 9.17) is 18.7 Å².